The topological polar surface area (TPSA) is 79.3 Å². The fraction of sp³-hybridized carbons (Fsp3) is 0.379. The van der Waals surface area contributed by atoms with Crippen molar-refractivity contribution >= 4 is 17.4 Å². The molecule has 0 aromatic heterocycles. The number of likely N-dealkylation sites (N-methyl/N-ethyl adjacent to an activating group) is 1. The first-order chi connectivity index (χ1) is 17.4. The maximum Gasteiger partial charge on any atom is 0.295 e. The highest BCUT2D eigenvalue weighted by Gasteiger charge is 2.46. The van der Waals surface area contributed by atoms with Gasteiger partial charge in [-0.1, -0.05) is 45.6 Å². The van der Waals surface area contributed by atoms with Crippen LogP contribution in [-0.4, -0.2) is 66.0 Å². The molecule has 192 valence electrons. The highest BCUT2D eigenvalue weighted by atomic mass is 16.5. The number of amides is 1. The molecule has 0 aliphatic carbocycles. The van der Waals surface area contributed by atoms with Crippen molar-refractivity contribution in [3.05, 3.63) is 77.9 Å². The molecular weight excluding hydrogens is 456 g/mol. The van der Waals surface area contributed by atoms with Crippen molar-refractivity contribution in [1.29, 1.82) is 0 Å². The Bertz CT molecular complexity index is 1070. The number of likely N-dealkylation sites (tertiary alicyclic amines) is 1. The quantitative estimate of drug-likeness (QED) is 0.187. The Balaban J connectivity index is 2.01. The fourth-order valence-corrected chi connectivity index (χ4v) is 4.23. The van der Waals surface area contributed by atoms with E-state index in [1.807, 2.05) is 31.2 Å². The number of Topliss-reactive ketones (excluding diaryl/α,β-unsaturated/α-hetero) is 1. The number of aliphatic hydroxyl groups excluding tert-OH is 1. The summed E-state index contributed by atoms with van der Waals surface area (Å²) in [6, 6.07) is 13.5. The Morgan fingerprint density at radius 2 is 1.61 bits per heavy atom. The third kappa shape index (κ3) is 6.15. The van der Waals surface area contributed by atoms with Gasteiger partial charge in [-0.3, -0.25) is 9.59 Å². The van der Waals surface area contributed by atoms with Crippen molar-refractivity contribution in [2.75, 3.05) is 39.4 Å². The Labute approximate surface area is 213 Å². The van der Waals surface area contributed by atoms with Crippen molar-refractivity contribution in [2.24, 2.45) is 0 Å². The van der Waals surface area contributed by atoms with E-state index in [1.165, 1.54) is 0 Å². The Kier molecular flexibility index (Phi) is 9.70. The van der Waals surface area contributed by atoms with Crippen molar-refractivity contribution in [3.8, 4) is 11.5 Å². The normalized spacial score (nSPS) is 17.0. The summed E-state index contributed by atoms with van der Waals surface area (Å²) >= 11 is 0. The zero-order valence-corrected chi connectivity index (χ0v) is 21.4. The summed E-state index contributed by atoms with van der Waals surface area (Å²) in [6.07, 6.45) is 2.54. The minimum Gasteiger partial charge on any atom is -0.507 e. The lowest BCUT2D eigenvalue weighted by Gasteiger charge is -2.28. The molecule has 1 atom stereocenters. The highest BCUT2D eigenvalue weighted by molar-refractivity contribution is 6.46. The first kappa shape index (κ1) is 27.0. The van der Waals surface area contributed by atoms with Gasteiger partial charge in [0, 0.05) is 18.7 Å². The molecule has 1 aliphatic heterocycles. The average Bonchev–Trinajstić information content (AvgIpc) is 3.16. The number of carbonyl (C=O) groups excluding carboxylic acids is 2. The monoisotopic (exact) mass is 492 g/mol. The molecule has 1 amide bonds. The van der Waals surface area contributed by atoms with Crippen molar-refractivity contribution < 1.29 is 24.2 Å². The van der Waals surface area contributed by atoms with Crippen LogP contribution in [0, 0.1) is 0 Å². The van der Waals surface area contributed by atoms with E-state index in [0.29, 0.717) is 37.6 Å². The van der Waals surface area contributed by atoms with E-state index in [0.717, 1.165) is 30.8 Å². The molecule has 2 aromatic rings. The molecule has 1 heterocycles. The minimum absolute atomic E-state index is 0.0848. The number of carbonyl (C=O) groups is 2. The predicted octanol–water partition coefficient (Wildman–Crippen LogP) is 4.80. The maximum atomic E-state index is 13.2. The van der Waals surface area contributed by atoms with Gasteiger partial charge in [0.1, 0.15) is 23.9 Å². The smallest absolute Gasteiger partial charge is 0.295 e. The third-order valence-electron chi connectivity index (χ3n) is 6.26. The second kappa shape index (κ2) is 12.9. The summed E-state index contributed by atoms with van der Waals surface area (Å²) in [5.74, 6) is -0.160. The minimum atomic E-state index is -0.697. The molecule has 3 rings (SSSR count). The number of hydrogen-bond donors (Lipinski definition) is 1. The van der Waals surface area contributed by atoms with Gasteiger partial charge in [-0.15, -0.1) is 0 Å². The van der Waals surface area contributed by atoms with Gasteiger partial charge in [0.25, 0.3) is 11.7 Å². The number of nitrogens with zero attached hydrogens (tertiary/aromatic N) is 2. The van der Waals surface area contributed by atoms with Gasteiger partial charge in [-0.05, 0) is 61.5 Å². The van der Waals surface area contributed by atoms with Gasteiger partial charge in [-0.25, -0.2) is 0 Å². The van der Waals surface area contributed by atoms with Crippen molar-refractivity contribution in [2.45, 2.75) is 33.2 Å². The van der Waals surface area contributed by atoms with E-state index in [2.05, 4.69) is 25.3 Å². The van der Waals surface area contributed by atoms with Crippen LogP contribution in [0.25, 0.3) is 5.76 Å². The van der Waals surface area contributed by atoms with E-state index < -0.39 is 17.7 Å². The second-order valence-corrected chi connectivity index (χ2v) is 8.56. The summed E-state index contributed by atoms with van der Waals surface area (Å²) in [5, 5.41) is 11.3. The number of aliphatic hydroxyl groups is 1. The fourth-order valence-electron chi connectivity index (χ4n) is 4.23. The second-order valence-electron chi connectivity index (χ2n) is 8.56. The summed E-state index contributed by atoms with van der Waals surface area (Å²) < 4.78 is 11.2. The molecule has 7 heteroatoms. The number of ketones is 1. The molecule has 0 spiro atoms. The van der Waals surface area contributed by atoms with Crippen LogP contribution in [0.2, 0.25) is 0 Å². The largest absolute Gasteiger partial charge is 0.507 e. The van der Waals surface area contributed by atoms with Crippen molar-refractivity contribution in [3.63, 3.8) is 0 Å². The molecule has 7 nitrogen and oxygen atoms in total. The molecule has 1 aliphatic rings. The van der Waals surface area contributed by atoms with Crippen LogP contribution >= 0.6 is 0 Å². The van der Waals surface area contributed by atoms with E-state index in [9.17, 15) is 14.7 Å². The number of hydrogen-bond acceptors (Lipinski definition) is 6. The standard InChI is InChI=1S/C29H36N2O5/c1-5-19-35-23-13-9-21(10-14-23)26-25(27(32)22-11-15-24(16-12-22)36-20-6-2)28(33)29(34)31(26)18-17-30(7-3)8-4/h6,9-16,26,32H,2,5,7-8,17-20H2,1,3-4H3/t26-/m1/s1. The van der Waals surface area contributed by atoms with Crippen LogP contribution in [0.5, 0.6) is 11.5 Å². The number of rotatable bonds is 13. The zero-order valence-electron chi connectivity index (χ0n) is 21.4. The summed E-state index contributed by atoms with van der Waals surface area (Å²) in [7, 11) is 0. The molecule has 0 unspecified atom stereocenters. The van der Waals surface area contributed by atoms with E-state index in [-0.39, 0.29) is 11.3 Å². The molecule has 0 bridgehead atoms. The van der Waals surface area contributed by atoms with Crippen LogP contribution in [0.4, 0.5) is 0 Å². The van der Waals surface area contributed by atoms with Crippen LogP contribution in [0.3, 0.4) is 0 Å². The van der Waals surface area contributed by atoms with Crippen LogP contribution < -0.4 is 9.47 Å². The van der Waals surface area contributed by atoms with E-state index in [1.54, 1.807) is 35.2 Å². The van der Waals surface area contributed by atoms with Gasteiger partial charge < -0.3 is 24.4 Å². The Morgan fingerprint density at radius 3 is 2.19 bits per heavy atom. The lowest BCUT2D eigenvalue weighted by atomic mass is 9.95. The Hall–Kier alpha value is -3.58. The van der Waals surface area contributed by atoms with Gasteiger partial charge >= 0.3 is 0 Å². The van der Waals surface area contributed by atoms with Crippen molar-refractivity contribution in [1.82, 2.24) is 9.80 Å². The van der Waals surface area contributed by atoms with Gasteiger partial charge in [-0.2, -0.15) is 0 Å². The zero-order chi connectivity index (χ0) is 26.1. The molecule has 0 radical (unpaired) electrons. The first-order valence-electron chi connectivity index (χ1n) is 12.5. The molecular formula is C29H36N2O5. The molecule has 0 saturated carbocycles. The summed E-state index contributed by atoms with van der Waals surface area (Å²) in [6.45, 7) is 13.4. The molecule has 1 saturated heterocycles. The number of benzene rings is 2. The number of ether oxygens (including phenoxy) is 2. The lowest BCUT2D eigenvalue weighted by Crippen LogP contribution is -2.38. The lowest BCUT2D eigenvalue weighted by molar-refractivity contribution is -0.140. The first-order valence-corrected chi connectivity index (χ1v) is 12.5. The highest BCUT2D eigenvalue weighted by Crippen LogP contribution is 2.40. The summed E-state index contributed by atoms with van der Waals surface area (Å²) in [5.41, 5.74) is 1.27. The Morgan fingerprint density at radius 1 is 1.00 bits per heavy atom. The van der Waals surface area contributed by atoms with Gasteiger partial charge in [0.2, 0.25) is 0 Å². The molecule has 1 N–H and O–H groups in total. The predicted molar refractivity (Wildman–Crippen MR) is 141 cm³/mol. The molecule has 2 aromatic carbocycles. The maximum absolute atomic E-state index is 13.2. The molecule has 36 heavy (non-hydrogen) atoms. The average molecular weight is 493 g/mol. The van der Waals surface area contributed by atoms with Crippen LogP contribution in [0.15, 0.2) is 66.8 Å². The molecule has 1 fully saturated rings. The van der Waals surface area contributed by atoms with Gasteiger partial charge in [0.15, 0.2) is 0 Å². The van der Waals surface area contributed by atoms with Crippen LogP contribution in [0.1, 0.15) is 44.4 Å². The summed E-state index contributed by atoms with van der Waals surface area (Å²) in [4.78, 5) is 30.2. The van der Waals surface area contributed by atoms with E-state index in [4.69, 9.17) is 9.47 Å². The SMILES string of the molecule is C=CCOc1ccc(C(O)=C2C(=O)C(=O)N(CCN(CC)CC)[C@@H]2c2ccc(OCCC)cc2)cc1. The van der Waals surface area contributed by atoms with E-state index >= 15 is 0 Å². The third-order valence-corrected chi connectivity index (χ3v) is 6.26. The van der Waals surface area contributed by atoms with Gasteiger partial charge in [0.05, 0.1) is 18.2 Å². The van der Waals surface area contributed by atoms with Crippen LogP contribution in [-0.2, 0) is 9.59 Å².